The second-order valence-corrected chi connectivity index (χ2v) is 13.4. The van der Waals surface area contributed by atoms with Gasteiger partial charge in [0.15, 0.2) is 0 Å². The number of carbonyl (C=O) groups excluding carboxylic acids is 1. The van der Waals surface area contributed by atoms with Crippen LogP contribution in [-0.2, 0) is 14.3 Å². The Morgan fingerprint density at radius 3 is 1.30 bits per heavy atom. The van der Waals surface area contributed by atoms with Gasteiger partial charge in [-0.05, 0) is 38.5 Å². The van der Waals surface area contributed by atoms with Crippen LogP contribution in [-0.4, -0.2) is 37.0 Å². The fourth-order valence-corrected chi connectivity index (χ4v) is 5.85. The molecule has 262 valence electrons. The molecule has 1 atom stereocenters. The van der Waals surface area contributed by atoms with E-state index in [2.05, 4.69) is 26.0 Å². The average molecular weight is 623 g/mol. The first kappa shape index (κ1) is 43.1. The Balaban J connectivity index is 3.40. The molecule has 4 nitrogen and oxygen atoms in total. The van der Waals surface area contributed by atoms with Crippen molar-refractivity contribution in [1.29, 1.82) is 0 Å². The molecule has 0 bridgehead atoms. The van der Waals surface area contributed by atoms with Crippen molar-refractivity contribution in [3.8, 4) is 0 Å². The van der Waals surface area contributed by atoms with Crippen molar-refractivity contribution >= 4 is 5.97 Å². The van der Waals surface area contributed by atoms with E-state index in [9.17, 15) is 9.90 Å². The molecule has 0 aromatic rings. The van der Waals surface area contributed by atoms with Crippen molar-refractivity contribution in [1.82, 2.24) is 0 Å². The predicted molar refractivity (Wildman–Crippen MR) is 191 cm³/mol. The van der Waals surface area contributed by atoms with Crippen LogP contribution < -0.4 is 0 Å². The summed E-state index contributed by atoms with van der Waals surface area (Å²) in [7, 11) is 0. The van der Waals surface area contributed by atoms with Crippen LogP contribution in [0, 0.1) is 0 Å². The summed E-state index contributed by atoms with van der Waals surface area (Å²) in [5, 5.41) is 9.57. The van der Waals surface area contributed by atoms with E-state index in [1.807, 2.05) is 0 Å². The van der Waals surface area contributed by atoms with E-state index in [-0.39, 0.29) is 12.6 Å². The SMILES string of the molecule is CCCCCCC/C=C\CCCCCCCCOCC(CO)OC(=O)CCCCCCCCCCCCCCCCCCC. The summed E-state index contributed by atoms with van der Waals surface area (Å²) in [4.78, 5) is 12.2. The number of aliphatic hydroxyl groups is 1. The molecule has 0 heterocycles. The molecule has 0 aromatic carbocycles. The van der Waals surface area contributed by atoms with Crippen LogP contribution in [0.2, 0.25) is 0 Å². The van der Waals surface area contributed by atoms with Crippen LogP contribution >= 0.6 is 0 Å². The smallest absolute Gasteiger partial charge is 0.306 e. The van der Waals surface area contributed by atoms with Crippen molar-refractivity contribution in [3.05, 3.63) is 12.2 Å². The number of rotatable bonds is 37. The van der Waals surface area contributed by atoms with Crippen LogP contribution in [0.15, 0.2) is 12.2 Å². The molecule has 0 aliphatic rings. The van der Waals surface area contributed by atoms with E-state index in [1.54, 1.807) is 0 Å². The molecule has 0 rings (SSSR count). The standard InChI is InChI=1S/C40H78O4/c1-3-5-7-9-11-13-15-17-19-20-21-23-25-27-29-31-33-35-40(42)44-39(37-41)38-43-36-34-32-30-28-26-24-22-18-16-14-12-10-8-6-4-2/h16,18,39,41H,3-15,17,19-38H2,1-2H3/b18-16-. The first-order valence-corrected chi connectivity index (χ1v) is 19.8. The maximum absolute atomic E-state index is 12.2. The topological polar surface area (TPSA) is 55.8 Å². The van der Waals surface area contributed by atoms with Gasteiger partial charge in [0, 0.05) is 13.0 Å². The lowest BCUT2D eigenvalue weighted by Crippen LogP contribution is -2.27. The molecule has 0 aromatic heterocycles. The second kappa shape index (κ2) is 38.3. The van der Waals surface area contributed by atoms with Gasteiger partial charge in [-0.15, -0.1) is 0 Å². The summed E-state index contributed by atoms with van der Waals surface area (Å²) in [6.07, 6.45) is 44.0. The summed E-state index contributed by atoms with van der Waals surface area (Å²) in [5.41, 5.74) is 0. The van der Waals surface area contributed by atoms with Crippen molar-refractivity contribution in [2.75, 3.05) is 19.8 Å². The van der Waals surface area contributed by atoms with Gasteiger partial charge >= 0.3 is 5.97 Å². The van der Waals surface area contributed by atoms with Gasteiger partial charge in [-0.2, -0.15) is 0 Å². The molecular formula is C40H78O4. The van der Waals surface area contributed by atoms with Gasteiger partial charge in [-0.1, -0.05) is 180 Å². The summed E-state index contributed by atoms with van der Waals surface area (Å²) < 4.78 is 11.1. The van der Waals surface area contributed by atoms with Gasteiger partial charge < -0.3 is 14.6 Å². The molecule has 0 saturated carbocycles. The van der Waals surface area contributed by atoms with E-state index in [4.69, 9.17) is 9.47 Å². The van der Waals surface area contributed by atoms with E-state index in [0.717, 1.165) is 19.3 Å². The Hall–Kier alpha value is -0.870. The average Bonchev–Trinajstić information content (AvgIpc) is 3.03. The zero-order valence-electron chi connectivity index (χ0n) is 29.9. The monoisotopic (exact) mass is 623 g/mol. The number of hydrogen-bond acceptors (Lipinski definition) is 4. The molecule has 0 amide bonds. The van der Waals surface area contributed by atoms with Crippen LogP contribution in [0.25, 0.3) is 0 Å². The lowest BCUT2D eigenvalue weighted by molar-refractivity contribution is -0.154. The maximum Gasteiger partial charge on any atom is 0.306 e. The number of allylic oxidation sites excluding steroid dienone is 2. The molecule has 4 heteroatoms. The third-order valence-corrected chi connectivity index (χ3v) is 8.84. The molecule has 0 spiro atoms. The Morgan fingerprint density at radius 2 is 0.886 bits per heavy atom. The minimum Gasteiger partial charge on any atom is -0.457 e. The number of unbranched alkanes of at least 4 members (excludes halogenated alkanes) is 27. The number of aliphatic hydroxyl groups excluding tert-OH is 1. The number of hydrogen-bond donors (Lipinski definition) is 1. The largest absolute Gasteiger partial charge is 0.457 e. The molecule has 1 N–H and O–H groups in total. The summed E-state index contributed by atoms with van der Waals surface area (Å²) in [5.74, 6) is -0.199. The van der Waals surface area contributed by atoms with E-state index in [1.165, 1.54) is 173 Å². The quantitative estimate of drug-likeness (QED) is 0.0425. The highest BCUT2D eigenvalue weighted by atomic mass is 16.6. The molecule has 0 aliphatic heterocycles. The molecule has 0 aliphatic carbocycles. The Labute approximate surface area is 275 Å². The van der Waals surface area contributed by atoms with Crippen molar-refractivity contribution in [3.63, 3.8) is 0 Å². The zero-order chi connectivity index (χ0) is 32.0. The normalized spacial score (nSPS) is 12.3. The van der Waals surface area contributed by atoms with Gasteiger partial charge in [-0.3, -0.25) is 4.79 Å². The molecule has 44 heavy (non-hydrogen) atoms. The molecule has 0 radical (unpaired) electrons. The zero-order valence-corrected chi connectivity index (χ0v) is 29.9. The molecule has 0 saturated heterocycles. The Morgan fingerprint density at radius 1 is 0.523 bits per heavy atom. The highest BCUT2D eigenvalue weighted by Crippen LogP contribution is 2.15. The van der Waals surface area contributed by atoms with Crippen LogP contribution in [0.1, 0.15) is 213 Å². The predicted octanol–water partition coefficient (Wildman–Crippen LogP) is 12.6. The molecule has 1 unspecified atom stereocenters. The van der Waals surface area contributed by atoms with Crippen LogP contribution in [0.4, 0.5) is 0 Å². The lowest BCUT2D eigenvalue weighted by atomic mass is 10.0. The third-order valence-electron chi connectivity index (χ3n) is 8.84. The van der Waals surface area contributed by atoms with Gasteiger partial charge in [-0.25, -0.2) is 0 Å². The summed E-state index contributed by atoms with van der Waals surface area (Å²) >= 11 is 0. The third kappa shape index (κ3) is 35.6. The summed E-state index contributed by atoms with van der Waals surface area (Å²) in [6, 6.07) is 0. The fourth-order valence-electron chi connectivity index (χ4n) is 5.85. The van der Waals surface area contributed by atoms with E-state index < -0.39 is 6.10 Å². The van der Waals surface area contributed by atoms with E-state index >= 15 is 0 Å². The molecule has 0 fully saturated rings. The van der Waals surface area contributed by atoms with E-state index in [0.29, 0.717) is 19.6 Å². The van der Waals surface area contributed by atoms with Gasteiger partial charge in [0.25, 0.3) is 0 Å². The van der Waals surface area contributed by atoms with Crippen LogP contribution in [0.5, 0.6) is 0 Å². The fraction of sp³-hybridized carbons (Fsp3) is 0.925. The first-order valence-electron chi connectivity index (χ1n) is 19.8. The van der Waals surface area contributed by atoms with Crippen LogP contribution in [0.3, 0.4) is 0 Å². The van der Waals surface area contributed by atoms with Gasteiger partial charge in [0.1, 0.15) is 6.10 Å². The number of esters is 1. The highest BCUT2D eigenvalue weighted by Gasteiger charge is 2.13. The van der Waals surface area contributed by atoms with Crippen molar-refractivity contribution in [2.45, 2.75) is 219 Å². The maximum atomic E-state index is 12.2. The first-order chi connectivity index (χ1) is 21.7. The minimum atomic E-state index is -0.530. The second-order valence-electron chi connectivity index (χ2n) is 13.4. The minimum absolute atomic E-state index is 0.169. The Bertz CT molecular complexity index is 576. The number of carbonyl (C=O) groups is 1. The van der Waals surface area contributed by atoms with Crippen molar-refractivity contribution in [2.24, 2.45) is 0 Å². The van der Waals surface area contributed by atoms with Gasteiger partial charge in [0.05, 0.1) is 13.2 Å². The lowest BCUT2D eigenvalue weighted by Gasteiger charge is -2.15. The van der Waals surface area contributed by atoms with Crippen molar-refractivity contribution < 1.29 is 19.4 Å². The molecular weight excluding hydrogens is 544 g/mol. The number of ether oxygens (including phenoxy) is 2. The van der Waals surface area contributed by atoms with Gasteiger partial charge in [0.2, 0.25) is 0 Å². The Kier molecular flexibility index (Phi) is 37.6. The highest BCUT2D eigenvalue weighted by molar-refractivity contribution is 5.69. The summed E-state index contributed by atoms with van der Waals surface area (Å²) in [6.45, 7) is 5.36.